The molecule has 0 spiro atoms. The highest BCUT2D eigenvalue weighted by Crippen LogP contribution is 2.42. The molecule has 0 radical (unpaired) electrons. The normalized spacial score (nSPS) is 13.7. The Morgan fingerprint density at radius 3 is 2.43 bits per heavy atom. The van der Waals surface area contributed by atoms with Crippen LogP contribution in [0.5, 0.6) is 11.5 Å². The van der Waals surface area contributed by atoms with Gasteiger partial charge in [0.2, 0.25) is 5.91 Å². The Labute approximate surface area is 202 Å². The van der Waals surface area contributed by atoms with E-state index in [1.807, 2.05) is 13.0 Å². The maximum Gasteiger partial charge on any atom is 0.496 e. The number of ether oxygens (including phenoxy) is 2. The Morgan fingerprint density at radius 1 is 1.11 bits per heavy atom. The summed E-state index contributed by atoms with van der Waals surface area (Å²) in [5, 5.41) is 22.4. The second-order valence-electron chi connectivity index (χ2n) is 8.10. The molecule has 0 saturated heterocycles. The molecule has 0 aliphatic heterocycles. The number of nitrogens with one attached hydrogen (secondary N) is 1. The third kappa shape index (κ3) is 5.01. The van der Waals surface area contributed by atoms with Crippen molar-refractivity contribution in [3.8, 4) is 11.5 Å². The number of halogens is 1. The van der Waals surface area contributed by atoms with Crippen LogP contribution < -0.4 is 20.3 Å². The Hall–Kier alpha value is -3.82. The lowest BCUT2D eigenvalue weighted by atomic mass is 9.78. The summed E-state index contributed by atoms with van der Waals surface area (Å²) in [6.45, 7) is 2.14. The van der Waals surface area contributed by atoms with E-state index < -0.39 is 7.12 Å². The monoisotopic (exact) mass is 477 g/mol. The Bertz CT molecular complexity index is 1290. The van der Waals surface area contributed by atoms with Crippen molar-refractivity contribution in [2.24, 2.45) is 0 Å². The number of amides is 1. The van der Waals surface area contributed by atoms with E-state index in [0.717, 1.165) is 22.3 Å². The molecule has 180 valence electrons. The summed E-state index contributed by atoms with van der Waals surface area (Å²) in [6, 6.07) is 11.4. The molecule has 3 aromatic rings. The molecule has 0 saturated carbocycles. The van der Waals surface area contributed by atoms with Gasteiger partial charge in [-0.15, -0.1) is 0 Å². The quantitative estimate of drug-likeness (QED) is 0.432. The van der Waals surface area contributed by atoms with Crippen LogP contribution in [0.3, 0.4) is 0 Å². The smallest absolute Gasteiger partial charge is 0.496 e. The molecule has 0 unspecified atom stereocenters. The average molecular weight is 477 g/mol. The Balaban J connectivity index is 1.71. The van der Waals surface area contributed by atoms with Gasteiger partial charge in [-0.25, -0.2) is 4.39 Å². The number of hydrogen-bond donors (Lipinski definition) is 3. The van der Waals surface area contributed by atoms with Crippen LogP contribution in [0.15, 0.2) is 58.7 Å². The van der Waals surface area contributed by atoms with E-state index in [9.17, 15) is 19.2 Å². The zero-order chi connectivity index (χ0) is 25.1. The van der Waals surface area contributed by atoms with E-state index in [-0.39, 0.29) is 41.7 Å². The summed E-state index contributed by atoms with van der Waals surface area (Å²) >= 11 is 0. The Kier molecular flexibility index (Phi) is 7.09. The van der Waals surface area contributed by atoms with E-state index in [2.05, 4.69) is 5.32 Å². The van der Waals surface area contributed by atoms with Crippen LogP contribution in [-0.2, 0) is 11.2 Å². The van der Waals surface area contributed by atoms with Crippen molar-refractivity contribution in [1.82, 2.24) is 5.32 Å². The highest BCUT2D eigenvalue weighted by Gasteiger charge is 2.26. The van der Waals surface area contributed by atoms with Crippen molar-refractivity contribution in [2.75, 3.05) is 20.8 Å². The van der Waals surface area contributed by atoms with Crippen LogP contribution in [0.1, 0.15) is 29.4 Å². The van der Waals surface area contributed by atoms with Crippen molar-refractivity contribution >= 4 is 35.7 Å². The van der Waals surface area contributed by atoms with Crippen LogP contribution in [0, 0.1) is 5.82 Å². The molecule has 1 aromatic heterocycles. The number of benzene rings is 2. The molecule has 0 bridgehead atoms. The van der Waals surface area contributed by atoms with E-state index in [4.69, 9.17) is 13.9 Å². The first-order valence-electron chi connectivity index (χ1n) is 11.0. The van der Waals surface area contributed by atoms with Gasteiger partial charge in [0.25, 0.3) is 0 Å². The number of fused-ring (bicyclic) bond motifs is 1. The molecule has 2 aromatic carbocycles. The first kappa shape index (κ1) is 24.3. The number of methoxy groups -OCH3 is 2. The fourth-order valence-corrected chi connectivity index (χ4v) is 4.27. The summed E-state index contributed by atoms with van der Waals surface area (Å²) in [5.74, 6) is 0.502. The molecule has 7 nitrogen and oxygen atoms in total. The standard InChI is InChI=1S/C26H25BFNO6/c1-15-20(9-16-10-23(33-2)26(27(31)32)24(11-16)34-3)19-7-6-17(28)12-21(19)22(15)14-29-25(30)13-18-5-4-8-35-18/h4-12,31-32H,13-14H2,1-3H3,(H,29,30). The summed E-state index contributed by atoms with van der Waals surface area (Å²) in [7, 11) is 1.09. The number of carbonyl (C=O) groups excluding carboxylic acids is 1. The maximum atomic E-state index is 14.2. The molecule has 1 aliphatic rings. The molecular weight excluding hydrogens is 452 g/mol. The molecular formula is C26H25BFNO6. The summed E-state index contributed by atoms with van der Waals surface area (Å²) in [4.78, 5) is 12.4. The molecule has 1 heterocycles. The first-order chi connectivity index (χ1) is 16.8. The molecule has 1 amide bonds. The minimum atomic E-state index is -1.77. The minimum absolute atomic E-state index is 0.112. The highest BCUT2D eigenvalue weighted by molar-refractivity contribution is 6.61. The van der Waals surface area contributed by atoms with Gasteiger partial charge in [0, 0.05) is 6.54 Å². The first-order valence-corrected chi connectivity index (χ1v) is 11.0. The van der Waals surface area contributed by atoms with E-state index >= 15 is 0 Å². The van der Waals surface area contributed by atoms with Gasteiger partial charge in [-0.2, -0.15) is 0 Å². The fraction of sp³-hybridized carbons (Fsp3) is 0.192. The maximum absolute atomic E-state index is 14.2. The lowest BCUT2D eigenvalue weighted by Crippen LogP contribution is -2.32. The number of rotatable bonds is 8. The van der Waals surface area contributed by atoms with E-state index in [1.165, 1.54) is 32.6 Å². The van der Waals surface area contributed by atoms with Crippen molar-refractivity contribution < 1.29 is 33.1 Å². The van der Waals surface area contributed by atoms with Gasteiger partial charge in [-0.05, 0) is 82.8 Å². The van der Waals surface area contributed by atoms with Gasteiger partial charge in [0.05, 0.1) is 32.4 Å². The second-order valence-corrected chi connectivity index (χ2v) is 8.10. The third-order valence-electron chi connectivity index (χ3n) is 5.97. The predicted octanol–water partition coefficient (Wildman–Crippen LogP) is 2.80. The SMILES string of the molecule is COc1cc(C=C2C(C)=C(CNC(=O)Cc3ccco3)c3cc(F)ccc32)cc(OC)c1B(O)O. The van der Waals surface area contributed by atoms with Crippen molar-refractivity contribution in [2.45, 2.75) is 13.3 Å². The van der Waals surface area contributed by atoms with Crippen LogP contribution >= 0.6 is 0 Å². The van der Waals surface area contributed by atoms with Crippen LogP contribution in [0.25, 0.3) is 17.2 Å². The third-order valence-corrected chi connectivity index (χ3v) is 5.97. The summed E-state index contributed by atoms with van der Waals surface area (Å²) in [6.07, 6.45) is 3.52. The zero-order valence-corrected chi connectivity index (χ0v) is 19.6. The molecule has 0 atom stereocenters. The van der Waals surface area contributed by atoms with Gasteiger partial charge < -0.3 is 29.3 Å². The largest absolute Gasteiger partial charge is 0.497 e. The van der Waals surface area contributed by atoms with Crippen LogP contribution in [-0.4, -0.2) is 43.8 Å². The van der Waals surface area contributed by atoms with Crippen LogP contribution in [0.2, 0.25) is 0 Å². The summed E-state index contributed by atoms with van der Waals surface area (Å²) < 4.78 is 30.1. The average Bonchev–Trinajstić information content (AvgIpc) is 3.43. The van der Waals surface area contributed by atoms with E-state index in [1.54, 1.807) is 30.3 Å². The van der Waals surface area contributed by atoms with Gasteiger partial charge >= 0.3 is 7.12 Å². The minimum Gasteiger partial charge on any atom is -0.497 e. The highest BCUT2D eigenvalue weighted by atomic mass is 19.1. The predicted molar refractivity (Wildman–Crippen MR) is 132 cm³/mol. The molecule has 4 rings (SSSR count). The van der Waals surface area contributed by atoms with Gasteiger partial charge in [0.15, 0.2) is 0 Å². The van der Waals surface area contributed by atoms with E-state index in [0.29, 0.717) is 16.9 Å². The number of carbonyl (C=O) groups is 1. The van der Waals surface area contributed by atoms with Crippen molar-refractivity contribution in [3.63, 3.8) is 0 Å². The molecule has 3 N–H and O–H groups in total. The topological polar surface area (TPSA) is 101 Å². The molecule has 9 heteroatoms. The van der Waals surface area contributed by atoms with Crippen molar-refractivity contribution in [3.05, 3.63) is 82.6 Å². The fourth-order valence-electron chi connectivity index (χ4n) is 4.27. The molecule has 0 fully saturated rings. The van der Waals surface area contributed by atoms with Gasteiger partial charge in [-0.1, -0.05) is 6.07 Å². The van der Waals surface area contributed by atoms with Gasteiger partial charge in [0.1, 0.15) is 23.1 Å². The molecule has 35 heavy (non-hydrogen) atoms. The summed E-state index contributed by atoms with van der Waals surface area (Å²) in [5.41, 5.74) is 4.87. The number of allylic oxidation sites excluding steroid dienone is 2. The van der Waals surface area contributed by atoms with Crippen LogP contribution in [0.4, 0.5) is 4.39 Å². The number of furan rings is 1. The molecule has 1 aliphatic carbocycles. The lowest BCUT2D eigenvalue weighted by molar-refractivity contribution is -0.120. The Morgan fingerprint density at radius 2 is 1.83 bits per heavy atom. The zero-order valence-electron chi connectivity index (χ0n) is 19.6. The van der Waals surface area contributed by atoms with Crippen molar-refractivity contribution in [1.29, 1.82) is 0 Å². The van der Waals surface area contributed by atoms with Gasteiger partial charge in [-0.3, -0.25) is 4.79 Å². The lowest BCUT2D eigenvalue weighted by Gasteiger charge is -2.14. The second kappa shape index (κ2) is 10.2. The number of hydrogen-bond acceptors (Lipinski definition) is 6.